The zero-order valence-electron chi connectivity index (χ0n) is 3.37. The number of hydrogen-bond acceptors (Lipinski definition) is 4. The number of hydrogen-bond donors (Lipinski definition) is 0. The number of rotatable bonds is 0. The van der Waals surface area contributed by atoms with Gasteiger partial charge in [0.05, 0.1) is 6.20 Å². The van der Waals surface area contributed by atoms with E-state index in [1.165, 1.54) is 12.5 Å². The summed E-state index contributed by atoms with van der Waals surface area (Å²) in [5, 5.41) is 0. The molecule has 1 aromatic rings. The molecule has 0 aliphatic heterocycles. The van der Waals surface area contributed by atoms with Gasteiger partial charge in [-0.3, -0.25) is 4.79 Å². The highest BCUT2D eigenvalue weighted by atomic mass is 32.1. The molecule has 0 unspecified atom stereocenters. The molecule has 7 heavy (non-hydrogen) atoms. The Morgan fingerprint density at radius 1 is 1.71 bits per heavy atom. The largest absolute Gasteiger partial charge is 0.275 e. The minimum absolute atomic E-state index is 0.109. The Hall–Kier alpha value is -0.770. The van der Waals surface area contributed by atoms with Crippen molar-refractivity contribution in [2.24, 2.45) is 0 Å². The molecule has 0 bridgehead atoms. The summed E-state index contributed by atoms with van der Waals surface area (Å²) in [5.41, 5.74) is 0. The topological polar surface area (TPSA) is 42.9 Å². The predicted octanol–water partition coefficient (Wildman–Crippen LogP) is -0.102. The first kappa shape index (κ1) is 4.39. The highest BCUT2D eigenvalue weighted by Crippen LogP contribution is 1.67. The standard InChI is InChI=1S/C3H2N2OS/c6-3-1-4-2-5-7-3/h1-2H. The van der Waals surface area contributed by atoms with Gasteiger partial charge in [-0.2, -0.15) is 4.37 Å². The van der Waals surface area contributed by atoms with E-state index in [1.807, 2.05) is 0 Å². The van der Waals surface area contributed by atoms with Gasteiger partial charge in [0.1, 0.15) is 6.33 Å². The summed E-state index contributed by atoms with van der Waals surface area (Å²) in [4.78, 5) is 13.6. The van der Waals surface area contributed by atoms with Crippen LogP contribution in [0.3, 0.4) is 0 Å². The molecule has 36 valence electrons. The van der Waals surface area contributed by atoms with Crippen molar-refractivity contribution in [3.63, 3.8) is 0 Å². The van der Waals surface area contributed by atoms with Crippen LogP contribution in [-0.2, 0) is 0 Å². The van der Waals surface area contributed by atoms with Gasteiger partial charge >= 0.3 is 0 Å². The third kappa shape index (κ3) is 1.04. The van der Waals surface area contributed by atoms with Crippen LogP contribution in [0.4, 0.5) is 0 Å². The van der Waals surface area contributed by atoms with Crippen molar-refractivity contribution in [2.45, 2.75) is 0 Å². The molecule has 0 aliphatic carbocycles. The summed E-state index contributed by atoms with van der Waals surface area (Å²) < 4.78 is 3.39. The van der Waals surface area contributed by atoms with Crippen molar-refractivity contribution in [3.05, 3.63) is 22.1 Å². The zero-order valence-corrected chi connectivity index (χ0v) is 4.18. The molecule has 1 rings (SSSR count). The first-order valence-electron chi connectivity index (χ1n) is 1.65. The first-order valence-corrected chi connectivity index (χ1v) is 2.43. The maximum Gasteiger partial charge on any atom is 0.268 e. The van der Waals surface area contributed by atoms with E-state index < -0.39 is 0 Å². The summed E-state index contributed by atoms with van der Waals surface area (Å²) in [7, 11) is 0. The molecule has 3 nitrogen and oxygen atoms in total. The lowest BCUT2D eigenvalue weighted by molar-refractivity contribution is 1.24. The molecular weight excluding hydrogens is 112 g/mol. The Bertz CT molecular complexity index is 179. The molecule has 0 aliphatic rings. The Kier molecular flexibility index (Phi) is 1.12. The Morgan fingerprint density at radius 3 is 2.86 bits per heavy atom. The fraction of sp³-hybridized carbons (Fsp3) is 0. The van der Waals surface area contributed by atoms with Crippen molar-refractivity contribution in [1.29, 1.82) is 0 Å². The molecule has 0 saturated heterocycles. The predicted molar refractivity (Wildman–Crippen MR) is 26.2 cm³/mol. The van der Waals surface area contributed by atoms with Gasteiger partial charge in [-0.15, -0.1) is 0 Å². The van der Waals surface area contributed by atoms with E-state index in [0.717, 1.165) is 11.5 Å². The monoisotopic (exact) mass is 114 g/mol. The Balaban J connectivity index is 3.28. The molecule has 0 aromatic carbocycles. The fourth-order valence-corrected chi connectivity index (χ4v) is 0.534. The highest BCUT2D eigenvalue weighted by Gasteiger charge is 1.74. The lowest BCUT2D eigenvalue weighted by atomic mass is 11.0. The molecule has 1 aromatic heterocycles. The van der Waals surface area contributed by atoms with E-state index >= 15 is 0 Å². The maximum atomic E-state index is 10.2. The molecule has 0 amide bonds. The van der Waals surface area contributed by atoms with Crippen LogP contribution in [0.1, 0.15) is 0 Å². The second kappa shape index (κ2) is 1.79. The van der Waals surface area contributed by atoms with Gasteiger partial charge in [0, 0.05) is 11.5 Å². The summed E-state index contributed by atoms with van der Waals surface area (Å²) in [5.74, 6) is 0. The summed E-state index contributed by atoms with van der Waals surface area (Å²) in [6.07, 6.45) is 2.57. The molecule has 0 saturated carbocycles. The van der Waals surface area contributed by atoms with E-state index in [-0.39, 0.29) is 4.74 Å². The van der Waals surface area contributed by atoms with Crippen molar-refractivity contribution in [2.75, 3.05) is 0 Å². The van der Waals surface area contributed by atoms with Gasteiger partial charge in [-0.05, 0) is 0 Å². The Labute approximate surface area is 43.8 Å². The SMILES string of the molecule is O=c1cncns1. The van der Waals surface area contributed by atoms with Gasteiger partial charge < -0.3 is 0 Å². The zero-order chi connectivity index (χ0) is 5.11. The van der Waals surface area contributed by atoms with E-state index in [9.17, 15) is 4.79 Å². The van der Waals surface area contributed by atoms with Crippen molar-refractivity contribution in [1.82, 2.24) is 9.36 Å². The van der Waals surface area contributed by atoms with Crippen molar-refractivity contribution in [3.8, 4) is 0 Å². The fourth-order valence-electron chi connectivity index (χ4n) is 0.220. The number of nitrogens with zero attached hydrogens (tertiary/aromatic N) is 2. The molecule has 1 heterocycles. The van der Waals surface area contributed by atoms with E-state index in [1.54, 1.807) is 0 Å². The molecule has 4 heteroatoms. The molecule has 0 atom stereocenters. The second-order valence-electron chi connectivity index (χ2n) is 0.909. The second-order valence-corrected chi connectivity index (χ2v) is 1.71. The smallest absolute Gasteiger partial charge is 0.268 e. The summed E-state index contributed by atoms with van der Waals surface area (Å²) >= 11 is 0.899. The lowest BCUT2D eigenvalue weighted by Crippen LogP contribution is -1.91. The van der Waals surface area contributed by atoms with Crippen LogP contribution >= 0.6 is 11.5 Å². The molecular formula is C3H2N2OS. The molecule has 0 fully saturated rings. The third-order valence-corrected chi connectivity index (χ3v) is 0.921. The van der Waals surface area contributed by atoms with Crippen LogP contribution in [0.5, 0.6) is 0 Å². The first-order chi connectivity index (χ1) is 3.39. The molecule has 0 radical (unpaired) electrons. The van der Waals surface area contributed by atoms with Crippen LogP contribution in [-0.4, -0.2) is 9.36 Å². The van der Waals surface area contributed by atoms with Crippen molar-refractivity contribution >= 4 is 11.5 Å². The average molecular weight is 114 g/mol. The van der Waals surface area contributed by atoms with E-state index in [2.05, 4.69) is 9.36 Å². The van der Waals surface area contributed by atoms with Crippen LogP contribution in [0.15, 0.2) is 17.3 Å². The molecule has 0 N–H and O–H groups in total. The number of aromatic nitrogens is 2. The Morgan fingerprint density at radius 2 is 2.57 bits per heavy atom. The quantitative estimate of drug-likeness (QED) is 0.473. The third-order valence-electron chi connectivity index (χ3n) is 0.436. The van der Waals surface area contributed by atoms with Gasteiger partial charge in [0.25, 0.3) is 4.74 Å². The lowest BCUT2D eigenvalue weighted by Gasteiger charge is -1.68. The van der Waals surface area contributed by atoms with Crippen LogP contribution in [0, 0.1) is 0 Å². The van der Waals surface area contributed by atoms with E-state index in [0.29, 0.717) is 0 Å². The normalized spacial score (nSPS) is 8.57. The summed E-state index contributed by atoms with van der Waals surface area (Å²) in [6, 6.07) is 0. The minimum Gasteiger partial charge on any atom is -0.275 e. The highest BCUT2D eigenvalue weighted by molar-refractivity contribution is 7.02. The average Bonchev–Trinajstić information content (AvgIpc) is 1.69. The van der Waals surface area contributed by atoms with Gasteiger partial charge in [-0.25, -0.2) is 4.98 Å². The van der Waals surface area contributed by atoms with Crippen molar-refractivity contribution < 1.29 is 0 Å². The van der Waals surface area contributed by atoms with E-state index in [4.69, 9.17) is 0 Å². The van der Waals surface area contributed by atoms with Gasteiger partial charge in [0.15, 0.2) is 0 Å². The van der Waals surface area contributed by atoms with Gasteiger partial charge in [0.2, 0.25) is 0 Å². The van der Waals surface area contributed by atoms with Crippen LogP contribution in [0.2, 0.25) is 0 Å². The minimum atomic E-state index is -0.109. The van der Waals surface area contributed by atoms with Crippen LogP contribution < -0.4 is 4.74 Å². The molecule has 0 spiro atoms. The summed E-state index contributed by atoms with van der Waals surface area (Å²) in [6.45, 7) is 0. The maximum absolute atomic E-state index is 10.2. The van der Waals surface area contributed by atoms with Crippen LogP contribution in [0.25, 0.3) is 0 Å². The van der Waals surface area contributed by atoms with Gasteiger partial charge in [-0.1, -0.05) is 0 Å².